The van der Waals surface area contributed by atoms with E-state index >= 15 is 0 Å². The van der Waals surface area contributed by atoms with Crippen LogP contribution in [-0.4, -0.2) is 22.7 Å². The molecular formula is C10H11F3N4S. The van der Waals surface area contributed by atoms with Gasteiger partial charge in [-0.2, -0.15) is 18.2 Å². The van der Waals surface area contributed by atoms with Crippen molar-refractivity contribution in [3.8, 4) is 0 Å². The van der Waals surface area contributed by atoms with Gasteiger partial charge < -0.3 is 11.1 Å². The molecule has 0 amide bonds. The number of rotatable bonds is 3. The molecule has 0 aliphatic carbocycles. The Labute approximate surface area is 105 Å². The zero-order valence-corrected chi connectivity index (χ0v) is 10.3. The van der Waals surface area contributed by atoms with Crippen LogP contribution in [-0.2, 0) is 0 Å². The normalized spacial score (nSPS) is 12.0. The third-order valence-corrected chi connectivity index (χ3v) is 3.18. The van der Waals surface area contributed by atoms with E-state index in [1.54, 1.807) is 0 Å². The van der Waals surface area contributed by atoms with Gasteiger partial charge in [0, 0.05) is 11.4 Å². The van der Waals surface area contributed by atoms with E-state index in [-0.39, 0.29) is 12.5 Å². The summed E-state index contributed by atoms with van der Waals surface area (Å²) in [5.74, 6) is 0.407. The molecule has 0 aliphatic heterocycles. The Kier molecular flexibility index (Phi) is 3.29. The summed E-state index contributed by atoms with van der Waals surface area (Å²) in [6, 6.07) is 1.83. The molecule has 0 atom stereocenters. The van der Waals surface area contributed by atoms with E-state index in [4.69, 9.17) is 5.73 Å². The highest BCUT2D eigenvalue weighted by Crippen LogP contribution is 2.29. The number of anilines is 2. The maximum atomic E-state index is 12.1. The van der Waals surface area contributed by atoms with Crippen LogP contribution in [0.4, 0.5) is 24.9 Å². The van der Waals surface area contributed by atoms with Crippen molar-refractivity contribution in [2.24, 2.45) is 0 Å². The Morgan fingerprint density at radius 1 is 1.39 bits per heavy atom. The predicted molar refractivity (Wildman–Crippen MR) is 65.7 cm³/mol. The fourth-order valence-electron chi connectivity index (χ4n) is 1.52. The summed E-state index contributed by atoms with van der Waals surface area (Å²) in [6.45, 7) is 1.66. The summed E-state index contributed by atoms with van der Waals surface area (Å²) < 4.78 is 36.2. The van der Waals surface area contributed by atoms with Gasteiger partial charge in [-0.1, -0.05) is 0 Å². The van der Waals surface area contributed by atoms with Crippen molar-refractivity contribution in [2.75, 3.05) is 17.6 Å². The zero-order valence-electron chi connectivity index (χ0n) is 9.51. The summed E-state index contributed by atoms with van der Waals surface area (Å²) in [4.78, 5) is 9.65. The Morgan fingerprint density at radius 3 is 2.78 bits per heavy atom. The highest BCUT2D eigenvalue weighted by molar-refractivity contribution is 7.18. The third-order valence-electron chi connectivity index (χ3n) is 2.23. The van der Waals surface area contributed by atoms with Crippen molar-refractivity contribution in [3.63, 3.8) is 0 Å². The van der Waals surface area contributed by atoms with Crippen LogP contribution < -0.4 is 11.1 Å². The highest BCUT2D eigenvalue weighted by Gasteiger charge is 2.26. The van der Waals surface area contributed by atoms with Gasteiger partial charge in [-0.3, -0.25) is 0 Å². The molecule has 0 bridgehead atoms. The molecule has 0 fully saturated rings. The summed E-state index contributed by atoms with van der Waals surface area (Å²) in [5.41, 5.74) is 5.51. The molecule has 0 saturated carbocycles. The minimum absolute atomic E-state index is 0.0545. The minimum atomic E-state index is -4.19. The quantitative estimate of drug-likeness (QED) is 0.904. The van der Waals surface area contributed by atoms with Crippen LogP contribution in [0.1, 0.15) is 11.3 Å². The Balaban J connectivity index is 2.21. The van der Waals surface area contributed by atoms with E-state index in [2.05, 4.69) is 15.3 Å². The van der Waals surface area contributed by atoms with E-state index < -0.39 is 12.6 Å². The molecule has 4 nitrogen and oxygen atoms in total. The molecule has 0 spiro atoms. The molecule has 2 heterocycles. The standard InChI is InChI=1S/C10H11F3N4S/c1-5-4-6-7(15-3-2-10(11,12)13)16-9(14)17-8(6)18-5/h4H,2-3H2,1H3,(H3,14,15,16,17). The lowest BCUT2D eigenvalue weighted by Gasteiger charge is -2.09. The predicted octanol–water partition coefficient (Wildman–Crippen LogP) is 2.95. The van der Waals surface area contributed by atoms with E-state index in [0.717, 1.165) is 4.88 Å². The van der Waals surface area contributed by atoms with E-state index in [1.165, 1.54) is 11.3 Å². The van der Waals surface area contributed by atoms with Gasteiger partial charge in [-0.15, -0.1) is 11.3 Å². The summed E-state index contributed by atoms with van der Waals surface area (Å²) >= 11 is 1.43. The third kappa shape index (κ3) is 3.00. The number of nitrogens with one attached hydrogen (secondary N) is 1. The molecule has 0 aromatic carbocycles. The van der Waals surface area contributed by atoms with Crippen molar-refractivity contribution in [1.82, 2.24) is 9.97 Å². The summed E-state index contributed by atoms with van der Waals surface area (Å²) in [6.07, 6.45) is -5.10. The lowest BCUT2D eigenvalue weighted by atomic mass is 10.3. The molecule has 98 valence electrons. The van der Waals surface area contributed by atoms with E-state index in [0.29, 0.717) is 16.0 Å². The molecule has 0 radical (unpaired) electrons. The lowest BCUT2D eigenvalue weighted by molar-refractivity contribution is -0.131. The molecule has 2 aromatic rings. The van der Waals surface area contributed by atoms with Crippen LogP contribution >= 0.6 is 11.3 Å². The van der Waals surface area contributed by atoms with Crippen LogP contribution in [0.25, 0.3) is 10.2 Å². The van der Waals surface area contributed by atoms with Gasteiger partial charge in [0.05, 0.1) is 11.8 Å². The Bertz CT molecular complexity index is 564. The second-order valence-electron chi connectivity index (χ2n) is 3.80. The van der Waals surface area contributed by atoms with Gasteiger partial charge >= 0.3 is 6.18 Å². The maximum absolute atomic E-state index is 12.1. The van der Waals surface area contributed by atoms with Gasteiger partial charge in [-0.05, 0) is 13.0 Å². The van der Waals surface area contributed by atoms with Gasteiger partial charge in [0.1, 0.15) is 10.6 Å². The SMILES string of the molecule is Cc1cc2c(NCCC(F)(F)F)nc(N)nc2s1. The summed E-state index contributed by atoms with van der Waals surface area (Å²) in [7, 11) is 0. The molecule has 2 rings (SSSR count). The number of nitrogen functional groups attached to an aromatic ring is 1. The number of hydrogen-bond donors (Lipinski definition) is 2. The first-order chi connectivity index (χ1) is 8.35. The van der Waals surface area contributed by atoms with Crippen molar-refractivity contribution in [2.45, 2.75) is 19.5 Å². The first-order valence-electron chi connectivity index (χ1n) is 5.19. The van der Waals surface area contributed by atoms with Gasteiger partial charge in [0.2, 0.25) is 5.95 Å². The maximum Gasteiger partial charge on any atom is 0.390 e. The Morgan fingerprint density at radius 2 is 2.11 bits per heavy atom. The second-order valence-corrected chi connectivity index (χ2v) is 5.03. The molecule has 18 heavy (non-hydrogen) atoms. The number of alkyl halides is 3. The molecule has 8 heteroatoms. The van der Waals surface area contributed by atoms with Crippen molar-refractivity contribution in [3.05, 3.63) is 10.9 Å². The number of nitrogens with two attached hydrogens (primary N) is 1. The number of nitrogens with zero attached hydrogens (tertiary/aromatic N) is 2. The number of fused-ring (bicyclic) bond motifs is 1. The average Bonchev–Trinajstić information content (AvgIpc) is 2.56. The van der Waals surface area contributed by atoms with Crippen molar-refractivity contribution < 1.29 is 13.2 Å². The first kappa shape index (κ1) is 12.9. The van der Waals surface area contributed by atoms with Crippen LogP contribution in [0.2, 0.25) is 0 Å². The van der Waals surface area contributed by atoms with Gasteiger partial charge in [0.25, 0.3) is 0 Å². The number of thiophene rings is 1. The van der Waals surface area contributed by atoms with Crippen LogP contribution in [0.5, 0.6) is 0 Å². The number of aryl methyl sites for hydroxylation is 1. The number of halogens is 3. The fourth-order valence-corrected chi connectivity index (χ4v) is 2.40. The Hall–Kier alpha value is -1.57. The van der Waals surface area contributed by atoms with Gasteiger partial charge in [-0.25, -0.2) is 4.98 Å². The van der Waals surface area contributed by atoms with Gasteiger partial charge in [0.15, 0.2) is 0 Å². The second kappa shape index (κ2) is 4.60. The summed E-state index contributed by atoms with van der Waals surface area (Å²) in [5, 5.41) is 3.36. The fraction of sp³-hybridized carbons (Fsp3) is 0.400. The van der Waals surface area contributed by atoms with E-state index in [1.807, 2.05) is 13.0 Å². The molecular weight excluding hydrogens is 265 g/mol. The largest absolute Gasteiger partial charge is 0.390 e. The van der Waals surface area contributed by atoms with Crippen LogP contribution in [0.3, 0.4) is 0 Å². The number of hydrogen-bond acceptors (Lipinski definition) is 5. The highest BCUT2D eigenvalue weighted by atomic mass is 32.1. The monoisotopic (exact) mass is 276 g/mol. The van der Waals surface area contributed by atoms with Crippen molar-refractivity contribution in [1.29, 1.82) is 0 Å². The van der Waals surface area contributed by atoms with Crippen LogP contribution in [0, 0.1) is 6.92 Å². The lowest BCUT2D eigenvalue weighted by Crippen LogP contribution is -2.15. The zero-order chi connectivity index (χ0) is 13.3. The molecule has 2 aromatic heterocycles. The smallest absolute Gasteiger partial charge is 0.369 e. The molecule has 0 aliphatic rings. The van der Waals surface area contributed by atoms with E-state index in [9.17, 15) is 13.2 Å². The van der Waals surface area contributed by atoms with Crippen LogP contribution in [0.15, 0.2) is 6.07 Å². The first-order valence-corrected chi connectivity index (χ1v) is 6.01. The average molecular weight is 276 g/mol. The topological polar surface area (TPSA) is 63.8 Å². The molecule has 3 N–H and O–H groups in total. The minimum Gasteiger partial charge on any atom is -0.369 e. The molecule has 0 saturated heterocycles. The van der Waals surface area contributed by atoms with Crippen molar-refractivity contribution >= 4 is 33.3 Å². The molecule has 0 unspecified atom stereocenters. The number of aromatic nitrogens is 2.